The summed E-state index contributed by atoms with van der Waals surface area (Å²) in [5, 5.41) is 4.13. The summed E-state index contributed by atoms with van der Waals surface area (Å²) in [5.41, 5.74) is 4.29. The number of fused-ring (bicyclic) bond motifs is 1. The molecule has 3 heterocycles. The van der Waals surface area contributed by atoms with Gasteiger partial charge in [-0.1, -0.05) is 30.3 Å². The smallest absolute Gasteiger partial charge is 0.260 e. The van der Waals surface area contributed by atoms with Gasteiger partial charge in [-0.2, -0.15) is 4.98 Å². The summed E-state index contributed by atoms with van der Waals surface area (Å²) in [6, 6.07) is 20.0. The number of hydrogen-bond donors (Lipinski definition) is 1. The van der Waals surface area contributed by atoms with Gasteiger partial charge in [0.1, 0.15) is 5.65 Å². The third-order valence-corrected chi connectivity index (χ3v) is 6.22. The average Bonchev–Trinajstić information content (AvgIpc) is 2.85. The van der Waals surface area contributed by atoms with Crippen molar-refractivity contribution < 1.29 is 0 Å². The highest BCUT2D eigenvalue weighted by atomic mass is 16.1. The lowest BCUT2D eigenvalue weighted by Crippen LogP contribution is -2.44. The zero-order valence-corrected chi connectivity index (χ0v) is 19.0. The zero-order valence-electron chi connectivity index (χ0n) is 19.0. The van der Waals surface area contributed by atoms with Crippen molar-refractivity contribution in [2.45, 2.75) is 13.5 Å². The van der Waals surface area contributed by atoms with E-state index in [2.05, 4.69) is 44.3 Å². The third-order valence-electron chi connectivity index (χ3n) is 6.22. The van der Waals surface area contributed by atoms with Crippen LogP contribution in [0.5, 0.6) is 0 Å². The van der Waals surface area contributed by atoms with Gasteiger partial charge >= 0.3 is 0 Å². The second-order valence-corrected chi connectivity index (χ2v) is 8.41. The molecule has 0 spiro atoms. The molecule has 0 radical (unpaired) electrons. The minimum absolute atomic E-state index is 0.0441. The number of hydrogen-bond acceptors (Lipinski definition) is 6. The van der Waals surface area contributed by atoms with Crippen LogP contribution < -0.4 is 15.8 Å². The Morgan fingerprint density at radius 2 is 1.70 bits per heavy atom. The van der Waals surface area contributed by atoms with Gasteiger partial charge < -0.3 is 15.1 Å². The number of nitrogens with one attached hydrogen (secondary N) is 1. The molecule has 0 unspecified atom stereocenters. The molecule has 168 valence electrons. The Bertz CT molecular complexity index is 1310. The van der Waals surface area contributed by atoms with Gasteiger partial charge in [-0.25, -0.2) is 4.98 Å². The first-order valence-corrected chi connectivity index (χ1v) is 11.4. The number of nitrogens with zero attached hydrogens (tertiary/aromatic N) is 5. The van der Waals surface area contributed by atoms with E-state index in [1.54, 1.807) is 10.8 Å². The van der Waals surface area contributed by atoms with Crippen LogP contribution in [0.1, 0.15) is 6.92 Å². The topological polar surface area (TPSA) is 66.3 Å². The zero-order chi connectivity index (χ0) is 22.8. The highest BCUT2D eigenvalue weighted by Gasteiger charge is 2.15. The number of likely N-dealkylation sites (N-methyl/N-ethyl adjacent to an activating group) is 1. The molecule has 4 aromatic rings. The summed E-state index contributed by atoms with van der Waals surface area (Å²) in [7, 11) is 2.16. The summed E-state index contributed by atoms with van der Waals surface area (Å²) >= 11 is 0. The molecule has 2 aromatic heterocycles. The molecule has 0 saturated carbocycles. The minimum atomic E-state index is -0.0441. The van der Waals surface area contributed by atoms with Gasteiger partial charge in [0, 0.05) is 61.2 Å². The second kappa shape index (κ2) is 9.03. The molecule has 1 aliphatic rings. The van der Waals surface area contributed by atoms with E-state index in [9.17, 15) is 4.79 Å². The van der Waals surface area contributed by atoms with Gasteiger partial charge in [-0.05, 0) is 49.9 Å². The lowest BCUT2D eigenvalue weighted by Gasteiger charge is -2.34. The van der Waals surface area contributed by atoms with Crippen LogP contribution in [0.2, 0.25) is 0 Å². The van der Waals surface area contributed by atoms with Gasteiger partial charge in [-0.3, -0.25) is 9.36 Å². The van der Waals surface area contributed by atoms with Gasteiger partial charge in [0.2, 0.25) is 5.95 Å². The van der Waals surface area contributed by atoms with Crippen molar-refractivity contribution in [2.24, 2.45) is 0 Å². The quantitative estimate of drug-likeness (QED) is 0.507. The Morgan fingerprint density at radius 1 is 0.970 bits per heavy atom. The first-order chi connectivity index (χ1) is 16.1. The molecular formula is C26H28N6O. The normalized spacial score (nSPS) is 14.5. The minimum Gasteiger partial charge on any atom is -0.369 e. The number of piperazine rings is 1. The number of aromatic nitrogens is 3. The number of rotatable bonds is 5. The molecule has 7 heteroatoms. The van der Waals surface area contributed by atoms with E-state index in [0.29, 0.717) is 23.7 Å². The van der Waals surface area contributed by atoms with E-state index in [-0.39, 0.29) is 5.56 Å². The van der Waals surface area contributed by atoms with Crippen molar-refractivity contribution in [3.05, 3.63) is 77.2 Å². The Labute approximate surface area is 193 Å². The molecule has 7 nitrogen and oxygen atoms in total. The van der Waals surface area contributed by atoms with Crippen LogP contribution in [-0.2, 0) is 6.54 Å². The van der Waals surface area contributed by atoms with Gasteiger partial charge in [0.25, 0.3) is 5.56 Å². The molecule has 1 N–H and O–H groups in total. The van der Waals surface area contributed by atoms with Crippen molar-refractivity contribution >= 4 is 28.4 Å². The third kappa shape index (κ3) is 4.32. The summed E-state index contributed by atoms with van der Waals surface area (Å²) in [6.45, 7) is 6.73. The Balaban J connectivity index is 1.42. The summed E-state index contributed by atoms with van der Waals surface area (Å²) in [4.78, 5) is 27.1. The van der Waals surface area contributed by atoms with Crippen LogP contribution in [0.25, 0.3) is 22.2 Å². The van der Waals surface area contributed by atoms with Crippen molar-refractivity contribution in [3.63, 3.8) is 0 Å². The van der Waals surface area contributed by atoms with E-state index in [1.807, 2.05) is 55.5 Å². The van der Waals surface area contributed by atoms with Gasteiger partial charge in [0.05, 0.1) is 0 Å². The van der Waals surface area contributed by atoms with E-state index in [4.69, 9.17) is 0 Å². The maximum atomic E-state index is 13.2. The van der Waals surface area contributed by atoms with Gasteiger partial charge in [0.15, 0.2) is 0 Å². The summed E-state index contributed by atoms with van der Waals surface area (Å²) in [6.07, 6.45) is 1.78. The van der Waals surface area contributed by atoms with Crippen LogP contribution in [0.3, 0.4) is 0 Å². The maximum Gasteiger partial charge on any atom is 0.260 e. The Kier molecular flexibility index (Phi) is 5.79. The Hall–Kier alpha value is -3.71. The molecule has 1 fully saturated rings. The van der Waals surface area contributed by atoms with Crippen LogP contribution in [0.15, 0.2) is 71.7 Å². The predicted molar refractivity (Wildman–Crippen MR) is 134 cm³/mol. The molecule has 2 aromatic carbocycles. The van der Waals surface area contributed by atoms with Crippen molar-refractivity contribution in [1.29, 1.82) is 0 Å². The predicted octanol–water partition coefficient (Wildman–Crippen LogP) is 3.97. The maximum absolute atomic E-state index is 13.2. The fraction of sp³-hybridized carbons (Fsp3) is 0.269. The van der Waals surface area contributed by atoms with Gasteiger partial charge in [-0.15, -0.1) is 0 Å². The highest BCUT2D eigenvalue weighted by Crippen LogP contribution is 2.23. The molecular weight excluding hydrogens is 412 g/mol. The first-order valence-electron chi connectivity index (χ1n) is 11.4. The van der Waals surface area contributed by atoms with Crippen molar-refractivity contribution in [3.8, 4) is 11.1 Å². The van der Waals surface area contributed by atoms with E-state index in [1.165, 1.54) is 5.69 Å². The lowest BCUT2D eigenvalue weighted by molar-refractivity contribution is 0.313. The summed E-state index contributed by atoms with van der Waals surface area (Å²) < 4.78 is 1.71. The fourth-order valence-corrected chi connectivity index (χ4v) is 4.29. The molecule has 5 rings (SSSR count). The summed E-state index contributed by atoms with van der Waals surface area (Å²) in [5.74, 6) is 0.476. The van der Waals surface area contributed by atoms with Crippen LogP contribution in [0, 0.1) is 0 Å². The van der Waals surface area contributed by atoms with E-state index < -0.39 is 0 Å². The van der Waals surface area contributed by atoms with Crippen LogP contribution in [-0.4, -0.2) is 52.7 Å². The molecule has 0 aliphatic carbocycles. The molecule has 1 aliphatic heterocycles. The van der Waals surface area contributed by atoms with Crippen molar-refractivity contribution in [1.82, 2.24) is 19.4 Å². The lowest BCUT2D eigenvalue weighted by atomic mass is 10.1. The number of benzene rings is 2. The molecule has 0 bridgehead atoms. The molecule has 0 amide bonds. The average molecular weight is 441 g/mol. The largest absolute Gasteiger partial charge is 0.369 e. The highest BCUT2D eigenvalue weighted by molar-refractivity contribution is 5.81. The van der Waals surface area contributed by atoms with E-state index in [0.717, 1.165) is 42.8 Å². The monoisotopic (exact) mass is 440 g/mol. The number of anilines is 3. The van der Waals surface area contributed by atoms with Crippen molar-refractivity contribution in [2.75, 3.05) is 43.4 Å². The fourth-order valence-electron chi connectivity index (χ4n) is 4.29. The Morgan fingerprint density at radius 3 is 2.39 bits per heavy atom. The molecule has 0 atom stereocenters. The number of pyridine rings is 1. The van der Waals surface area contributed by atoms with Crippen LogP contribution in [0.4, 0.5) is 17.3 Å². The second-order valence-electron chi connectivity index (χ2n) is 8.41. The van der Waals surface area contributed by atoms with Crippen LogP contribution >= 0.6 is 0 Å². The molecule has 33 heavy (non-hydrogen) atoms. The van der Waals surface area contributed by atoms with E-state index >= 15 is 0 Å². The number of aryl methyl sites for hydroxylation is 1. The first kappa shape index (κ1) is 21.2. The molecule has 1 saturated heterocycles. The SMILES string of the molecule is CCn1c(=O)c(-c2ccccc2)cc2cnc(Nc3ccc(N4CCN(C)CC4)cc3)nc21. The standard InChI is InChI=1S/C26H28N6O/c1-3-32-24-20(17-23(25(32)33)19-7-5-4-6-8-19)18-27-26(29-24)28-21-9-11-22(12-10-21)31-15-13-30(2)14-16-31/h4-12,17-18H,3,13-16H2,1-2H3,(H,27,28,29).